The zero-order valence-corrected chi connectivity index (χ0v) is 10.7. The highest BCUT2D eigenvalue weighted by Gasteiger charge is 2.36. The molecule has 0 bridgehead atoms. The van der Waals surface area contributed by atoms with E-state index in [1.54, 1.807) is 0 Å². The van der Waals surface area contributed by atoms with Crippen LogP contribution in [0, 0.1) is 19.8 Å². The Hall–Kier alpha value is -0.820. The average Bonchev–Trinajstić information content (AvgIpc) is 2.66. The van der Waals surface area contributed by atoms with E-state index in [2.05, 4.69) is 39.0 Å². The van der Waals surface area contributed by atoms with Crippen molar-refractivity contribution in [1.29, 1.82) is 0 Å². The van der Waals surface area contributed by atoms with Gasteiger partial charge in [0, 0.05) is 5.54 Å². The summed E-state index contributed by atoms with van der Waals surface area (Å²) in [6.07, 6.45) is 4.86. The second kappa shape index (κ2) is 4.21. The Labute approximate surface area is 99.0 Å². The summed E-state index contributed by atoms with van der Waals surface area (Å²) in [5.41, 5.74) is 10.6. The lowest BCUT2D eigenvalue weighted by atomic mass is 9.86. The third kappa shape index (κ3) is 2.01. The molecule has 1 aliphatic rings. The Morgan fingerprint density at radius 3 is 2.62 bits per heavy atom. The van der Waals surface area contributed by atoms with E-state index in [0.29, 0.717) is 0 Å². The second-order valence-corrected chi connectivity index (χ2v) is 5.47. The summed E-state index contributed by atoms with van der Waals surface area (Å²) in [4.78, 5) is 0. The van der Waals surface area contributed by atoms with Crippen molar-refractivity contribution >= 4 is 0 Å². The van der Waals surface area contributed by atoms with Crippen LogP contribution in [-0.2, 0) is 5.54 Å². The molecule has 0 saturated heterocycles. The molecule has 2 atom stereocenters. The summed E-state index contributed by atoms with van der Waals surface area (Å²) in [6, 6.07) is 6.71. The van der Waals surface area contributed by atoms with Gasteiger partial charge >= 0.3 is 0 Å². The summed E-state index contributed by atoms with van der Waals surface area (Å²) in [7, 11) is 0. The van der Waals surface area contributed by atoms with Crippen molar-refractivity contribution in [3.8, 4) is 0 Å². The van der Waals surface area contributed by atoms with E-state index in [1.165, 1.54) is 29.5 Å². The molecule has 1 heteroatoms. The largest absolute Gasteiger partial charge is 0.321 e. The molecule has 1 fully saturated rings. The molecule has 0 aliphatic heterocycles. The Bertz CT molecular complexity index is 383. The lowest BCUT2D eigenvalue weighted by Gasteiger charge is -2.25. The minimum Gasteiger partial charge on any atom is -0.321 e. The van der Waals surface area contributed by atoms with E-state index in [4.69, 9.17) is 5.73 Å². The number of hydrogen-bond donors (Lipinski definition) is 1. The van der Waals surface area contributed by atoms with Crippen LogP contribution in [0.4, 0.5) is 0 Å². The number of nitrogens with two attached hydrogens (primary N) is 1. The van der Waals surface area contributed by atoms with Crippen LogP contribution in [0.5, 0.6) is 0 Å². The Kier molecular flexibility index (Phi) is 3.07. The van der Waals surface area contributed by atoms with Crippen LogP contribution in [-0.4, -0.2) is 0 Å². The molecule has 2 rings (SSSR count). The second-order valence-electron chi connectivity index (χ2n) is 5.47. The van der Waals surface area contributed by atoms with Crippen molar-refractivity contribution in [3.05, 3.63) is 34.9 Å². The third-order valence-electron chi connectivity index (χ3n) is 4.31. The predicted molar refractivity (Wildman–Crippen MR) is 69.4 cm³/mol. The highest BCUT2D eigenvalue weighted by molar-refractivity contribution is 5.34. The van der Waals surface area contributed by atoms with Crippen LogP contribution in [0.25, 0.3) is 0 Å². The van der Waals surface area contributed by atoms with Crippen molar-refractivity contribution in [2.45, 2.75) is 52.0 Å². The van der Waals surface area contributed by atoms with E-state index >= 15 is 0 Å². The van der Waals surface area contributed by atoms with Crippen LogP contribution in [0.15, 0.2) is 18.2 Å². The Balaban J connectivity index is 2.27. The highest BCUT2D eigenvalue weighted by atomic mass is 14.8. The maximum Gasteiger partial charge on any atom is 0.0412 e. The highest BCUT2D eigenvalue weighted by Crippen LogP contribution is 2.41. The van der Waals surface area contributed by atoms with Gasteiger partial charge in [0.15, 0.2) is 0 Å². The minimum absolute atomic E-state index is 0.0564. The molecule has 2 unspecified atom stereocenters. The molecule has 1 aromatic carbocycles. The van der Waals surface area contributed by atoms with Gasteiger partial charge in [0.2, 0.25) is 0 Å². The van der Waals surface area contributed by atoms with Crippen LogP contribution in [0.1, 0.15) is 49.3 Å². The lowest BCUT2D eigenvalue weighted by molar-refractivity contribution is 0.424. The molecule has 1 aliphatic carbocycles. The van der Waals surface area contributed by atoms with Gasteiger partial charge in [-0.05, 0) is 55.7 Å². The van der Waals surface area contributed by atoms with E-state index in [1.807, 2.05) is 0 Å². The van der Waals surface area contributed by atoms with Crippen LogP contribution < -0.4 is 5.73 Å². The summed E-state index contributed by atoms with van der Waals surface area (Å²) >= 11 is 0. The fourth-order valence-corrected chi connectivity index (χ4v) is 2.84. The summed E-state index contributed by atoms with van der Waals surface area (Å²) in [5.74, 6) is 0.826. The van der Waals surface area contributed by atoms with Crippen molar-refractivity contribution in [2.75, 3.05) is 0 Å². The maximum atomic E-state index is 6.57. The van der Waals surface area contributed by atoms with Crippen molar-refractivity contribution in [1.82, 2.24) is 0 Å². The van der Waals surface area contributed by atoms with Gasteiger partial charge in [-0.15, -0.1) is 0 Å². The fraction of sp³-hybridized carbons (Fsp3) is 0.600. The first-order valence-electron chi connectivity index (χ1n) is 6.42. The number of rotatable bonds is 2. The molecule has 0 heterocycles. The van der Waals surface area contributed by atoms with Crippen molar-refractivity contribution in [3.63, 3.8) is 0 Å². The molecule has 0 aromatic heterocycles. The van der Waals surface area contributed by atoms with Gasteiger partial charge in [-0.25, -0.2) is 0 Å². The molecule has 0 spiro atoms. The average molecular weight is 217 g/mol. The molecule has 88 valence electrons. The molecule has 1 nitrogen and oxygen atoms in total. The van der Waals surface area contributed by atoms with Crippen molar-refractivity contribution < 1.29 is 0 Å². The molecular weight excluding hydrogens is 194 g/mol. The standard InChI is InChI=1S/C15H23N/c1-4-13-7-8-15(16,10-13)14-6-5-11(2)12(3)9-14/h5-6,9,13H,4,7-8,10,16H2,1-3H3. The SMILES string of the molecule is CCC1CCC(N)(c2ccc(C)c(C)c2)C1. The molecule has 1 aromatic rings. The van der Waals surface area contributed by atoms with Crippen LogP contribution >= 0.6 is 0 Å². The molecule has 2 N–H and O–H groups in total. The number of benzene rings is 1. The Morgan fingerprint density at radius 2 is 2.06 bits per heavy atom. The maximum absolute atomic E-state index is 6.57. The van der Waals surface area contributed by atoms with Gasteiger partial charge in [-0.1, -0.05) is 31.5 Å². The number of aryl methyl sites for hydroxylation is 2. The van der Waals surface area contributed by atoms with Gasteiger partial charge in [-0.3, -0.25) is 0 Å². The van der Waals surface area contributed by atoms with Gasteiger partial charge in [0.05, 0.1) is 0 Å². The smallest absolute Gasteiger partial charge is 0.0412 e. The topological polar surface area (TPSA) is 26.0 Å². The van der Waals surface area contributed by atoms with Gasteiger partial charge in [0.1, 0.15) is 0 Å². The van der Waals surface area contributed by atoms with E-state index in [9.17, 15) is 0 Å². The first-order valence-corrected chi connectivity index (χ1v) is 6.42. The summed E-state index contributed by atoms with van der Waals surface area (Å²) in [5, 5.41) is 0. The number of hydrogen-bond acceptors (Lipinski definition) is 1. The van der Waals surface area contributed by atoms with E-state index in [-0.39, 0.29) is 5.54 Å². The quantitative estimate of drug-likeness (QED) is 0.803. The zero-order valence-electron chi connectivity index (χ0n) is 10.7. The van der Waals surface area contributed by atoms with Gasteiger partial charge < -0.3 is 5.73 Å². The van der Waals surface area contributed by atoms with E-state index in [0.717, 1.165) is 18.8 Å². The molecular formula is C15H23N. The van der Waals surface area contributed by atoms with Gasteiger partial charge in [-0.2, -0.15) is 0 Å². The summed E-state index contributed by atoms with van der Waals surface area (Å²) in [6.45, 7) is 6.61. The van der Waals surface area contributed by atoms with Crippen LogP contribution in [0.3, 0.4) is 0 Å². The normalized spacial score (nSPS) is 29.6. The first kappa shape index (κ1) is 11.7. The third-order valence-corrected chi connectivity index (χ3v) is 4.31. The van der Waals surface area contributed by atoms with E-state index < -0.39 is 0 Å². The first-order chi connectivity index (χ1) is 7.55. The summed E-state index contributed by atoms with van der Waals surface area (Å²) < 4.78 is 0. The predicted octanol–water partition coefficient (Wildman–Crippen LogP) is 3.67. The fourth-order valence-electron chi connectivity index (χ4n) is 2.84. The molecule has 0 amide bonds. The Morgan fingerprint density at radius 1 is 1.31 bits per heavy atom. The monoisotopic (exact) mass is 217 g/mol. The van der Waals surface area contributed by atoms with Crippen molar-refractivity contribution in [2.24, 2.45) is 11.7 Å². The molecule has 16 heavy (non-hydrogen) atoms. The lowest BCUT2D eigenvalue weighted by Crippen LogP contribution is -2.33. The zero-order chi connectivity index (χ0) is 11.8. The molecule has 0 radical (unpaired) electrons. The van der Waals surface area contributed by atoms with Gasteiger partial charge in [0.25, 0.3) is 0 Å². The van der Waals surface area contributed by atoms with Crippen LogP contribution in [0.2, 0.25) is 0 Å². The minimum atomic E-state index is -0.0564. The molecule has 1 saturated carbocycles.